The molecule has 0 radical (unpaired) electrons. The van der Waals surface area contributed by atoms with E-state index in [0.717, 1.165) is 28.0 Å². The van der Waals surface area contributed by atoms with E-state index >= 15 is 0 Å². The van der Waals surface area contributed by atoms with Gasteiger partial charge >= 0.3 is 0 Å². The number of hydrogen-bond acceptors (Lipinski definition) is 2. The minimum Gasteiger partial charge on any atom is -0.317 e. The Morgan fingerprint density at radius 1 is 1.44 bits per heavy atom. The fraction of sp³-hybridized carbons (Fsp3) is 0.385. The van der Waals surface area contributed by atoms with Gasteiger partial charge < -0.3 is 4.57 Å². The quantitative estimate of drug-likeness (QED) is 0.847. The smallest absolute Gasteiger partial charge is 0.248 e. The van der Waals surface area contributed by atoms with Crippen molar-refractivity contribution in [2.45, 2.75) is 33.2 Å². The lowest BCUT2D eigenvalue weighted by Gasteiger charge is -1.99. The number of hydrogen-bond donors (Lipinski definition) is 0. The average Bonchev–Trinajstić information content (AvgIpc) is 2.65. The molecule has 0 saturated heterocycles. The highest BCUT2D eigenvalue weighted by Crippen LogP contribution is 2.21. The van der Waals surface area contributed by atoms with Gasteiger partial charge in [0.25, 0.3) is 0 Å². The molecule has 0 atom stereocenters. The van der Waals surface area contributed by atoms with Crippen molar-refractivity contribution in [2.75, 3.05) is 0 Å². The second-order valence-electron chi connectivity index (χ2n) is 4.00. The first kappa shape index (κ1) is 13.3. The van der Waals surface area contributed by atoms with Gasteiger partial charge in [-0.3, -0.25) is 4.79 Å². The average molecular weight is 283 g/mol. The Morgan fingerprint density at radius 2 is 2.22 bits per heavy atom. The molecule has 0 aliphatic carbocycles. The van der Waals surface area contributed by atoms with Gasteiger partial charge in [-0.2, -0.15) is 4.99 Å². The van der Waals surface area contributed by atoms with Crippen LogP contribution in [0.5, 0.6) is 0 Å². The van der Waals surface area contributed by atoms with Crippen molar-refractivity contribution in [1.29, 1.82) is 0 Å². The molecule has 5 heteroatoms. The topological polar surface area (TPSA) is 34.4 Å². The summed E-state index contributed by atoms with van der Waals surface area (Å²) in [6.07, 6.45) is 1.32. The maximum Gasteiger partial charge on any atom is 0.248 e. The van der Waals surface area contributed by atoms with E-state index in [4.69, 9.17) is 11.6 Å². The van der Waals surface area contributed by atoms with E-state index in [1.165, 1.54) is 11.3 Å². The number of halogens is 1. The summed E-state index contributed by atoms with van der Waals surface area (Å²) < 4.78 is 3.11. The summed E-state index contributed by atoms with van der Waals surface area (Å²) in [5, 5.41) is 0.707. The number of nitrogens with zero attached hydrogens (tertiary/aromatic N) is 2. The van der Waals surface area contributed by atoms with Crippen LogP contribution in [-0.2, 0) is 11.3 Å². The number of fused-ring (bicyclic) bond motifs is 1. The number of carbonyl (C=O) groups excluding carboxylic acids is 1. The number of thiazole rings is 1. The van der Waals surface area contributed by atoms with Gasteiger partial charge in [0.05, 0.1) is 10.2 Å². The Hall–Kier alpha value is -1.13. The molecule has 96 valence electrons. The summed E-state index contributed by atoms with van der Waals surface area (Å²) in [4.78, 5) is 16.6. The van der Waals surface area contributed by atoms with Crippen molar-refractivity contribution in [3.05, 3.63) is 28.0 Å². The number of aryl methyl sites for hydroxylation is 1. The van der Waals surface area contributed by atoms with Gasteiger partial charge in [-0.1, -0.05) is 29.9 Å². The molecule has 0 saturated carbocycles. The summed E-state index contributed by atoms with van der Waals surface area (Å²) in [5.74, 6) is -0.0580. The van der Waals surface area contributed by atoms with Crippen LogP contribution in [0.1, 0.15) is 26.7 Å². The summed E-state index contributed by atoms with van der Waals surface area (Å²) in [7, 11) is 0. The first-order chi connectivity index (χ1) is 8.65. The summed E-state index contributed by atoms with van der Waals surface area (Å²) in [6, 6.07) is 5.75. The zero-order chi connectivity index (χ0) is 13.1. The zero-order valence-corrected chi connectivity index (χ0v) is 12.0. The predicted octanol–water partition coefficient (Wildman–Crippen LogP) is 3.60. The van der Waals surface area contributed by atoms with Gasteiger partial charge in [0.1, 0.15) is 0 Å². The molecule has 2 rings (SSSR count). The van der Waals surface area contributed by atoms with Crippen LogP contribution in [-0.4, -0.2) is 10.5 Å². The second-order valence-corrected chi connectivity index (χ2v) is 5.44. The number of carbonyl (C=O) groups is 1. The standard InChI is InChI=1S/C13H15ClN2OS/c1-3-5-12(17)15-13-16(4-2)10-7-6-9(14)8-11(10)18-13/h6-8H,3-5H2,1-2H3. The third-order valence-electron chi connectivity index (χ3n) is 2.65. The van der Waals surface area contributed by atoms with Crippen LogP contribution in [0.25, 0.3) is 10.2 Å². The molecule has 1 amide bonds. The first-order valence-electron chi connectivity index (χ1n) is 6.02. The molecule has 1 aromatic heterocycles. The number of amides is 1. The molecule has 0 unspecified atom stereocenters. The molecule has 0 fully saturated rings. The summed E-state index contributed by atoms with van der Waals surface area (Å²) >= 11 is 7.49. The van der Waals surface area contributed by atoms with E-state index in [9.17, 15) is 4.79 Å². The van der Waals surface area contributed by atoms with Crippen molar-refractivity contribution in [3.8, 4) is 0 Å². The zero-order valence-electron chi connectivity index (χ0n) is 10.4. The normalized spacial score (nSPS) is 12.3. The summed E-state index contributed by atoms with van der Waals surface area (Å²) in [5.41, 5.74) is 1.08. The predicted molar refractivity (Wildman–Crippen MR) is 76.0 cm³/mol. The molecular weight excluding hydrogens is 268 g/mol. The van der Waals surface area contributed by atoms with Gasteiger partial charge in [-0.05, 0) is 31.5 Å². The maximum absolute atomic E-state index is 11.6. The van der Waals surface area contributed by atoms with Crippen LogP contribution in [0.15, 0.2) is 23.2 Å². The Kier molecular flexibility index (Phi) is 4.19. The number of rotatable bonds is 3. The van der Waals surface area contributed by atoms with Crippen molar-refractivity contribution in [3.63, 3.8) is 0 Å². The van der Waals surface area contributed by atoms with Crippen LogP contribution in [0.4, 0.5) is 0 Å². The van der Waals surface area contributed by atoms with Gasteiger partial charge in [0.15, 0.2) is 4.80 Å². The Balaban J connectivity index is 2.60. The molecule has 2 aromatic rings. The minimum atomic E-state index is -0.0580. The van der Waals surface area contributed by atoms with Crippen LogP contribution >= 0.6 is 22.9 Å². The summed E-state index contributed by atoms with van der Waals surface area (Å²) in [6.45, 7) is 4.82. The lowest BCUT2D eigenvalue weighted by molar-refractivity contribution is -0.118. The highest BCUT2D eigenvalue weighted by atomic mass is 35.5. The lowest BCUT2D eigenvalue weighted by atomic mass is 10.3. The number of benzene rings is 1. The van der Waals surface area contributed by atoms with Crippen LogP contribution in [0, 0.1) is 0 Å². The van der Waals surface area contributed by atoms with E-state index in [1.807, 2.05) is 36.6 Å². The second kappa shape index (κ2) is 5.67. The molecule has 0 N–H and O–H groups in total. The highest BCUT2D eigenvalue weighted by Gasteiger charge is 2.06. The van der Waals surface area contributed by atoms with Crippen molar-refractivity contribution in [2.24, 2.45) is 4.99 Å². The largest absolute Gasteiger partial charge is 0.317 e. The fourth-order valence-electron chi connectivity index (χ4n) is 1.81. The number of aromatic nitrogens is 1. The molecule has 0 aliphatic heterocycles. The molecule has 1 heterocycles. The Labute approximate surface area is 115 Å². The molecule has 3 nitrogen and oxygen atoms in total. The van der Waals surface area contributed by atoms with E-state index in [-0.39, 0.29) is 5.91 Å². The van der Waals surface area contributed by atoms with E-state index in [0.29, 0.717) is 11.4 Å². The minimum absolute atomic E-state index is 0.0580. The van der Waals surface area contributed by atoms with Gasteiger partial charge in [0.2, 0.25) is 5.91 Å². The molecule has 1 aromatic carbocycles. The molecule has 0 spiro atoms. The van der Waals surface area contributed by atoms with E-state index in [1.54, 1.807) is 0 Å². The van der Waals surface area contributed by atoms with Crippen LogP contribution < -0.4 is 4.80 Å². The van der Waals surface area contributed by atoms with Gasteiger partial charge in [0, 0.05) is 18.0 Å². The monoisotopic (exact) mass is 282 g/mol. The van der Waals surface area contributed by atoms with Crippen molar-refractivity contribution < 1.29 is 4.79 Å². The SMILES string of the molecule is CCCC(=O)N=c1sc2cc(Cl)ccc2n1CC. The first-order valence-corrected chi connectivity index (χ1v) is 7.21. The third kappa shape index (κ3) is 2.65. The van der Waals surface area contributed by atoms with Gasteiger partial charge in [-0.25, -0.2) is 0 Å². The molecule has 18 heavy (non-hydrogen) atoms. The van der Waals surface area contributed by atoms with Gasteiger partial charge in [-0.15, -0.1) is 0 Å². The van der Waals surface area contributed by atoms with Crippen LogP contribution in [0.2, 0.25) is 5.02 Å². The Bertz CT molecular complexity index is 642. The van der Waals surface area contributed by atoms with Crippen LogP contribution in [0.3, 0.4) is 0 Å². The van der Waals surface area contributed by atoms with E-state index in [2.05, 4.69) is 4.99 Å². The Morgan fingerprint density at radius 3 is 2.89 bits per heavy atom. The van der Waals surface area contributed by atoms with E-state index < -0.39 is 0 Å². The highest BCUT2D eigenvalue weighted by molar-refractivity contribution is 7.16. The lowest BCUT2D eigenvalue weighted by Crippen LogP contribution is -2.15. The molecule has 0 aliphatic rings. The molecule has 0 bridgehead atoms. The molecular formula is C13H15ClN2OS. The van der Waals surface area contributed by atoms with Crippen molar-refractivity contribution in [1.82, 2.24) is 4.57 Å². The maximum atomic E-state index is 11.6. The van der Waals surface area contributed by atoms with Crippen molar-refractivity contribution >= 4 is 39.1 Å². The fourth-order valence-corrected chi connectivity index (χ4v) is 3.20. The third-order valence-corrected chi connectivity index (χ3v) is 3.92.